The van der Waals surface area contributed by atoms with Gasteiger partial charge in [-0.1, -0.05) is 36.2 Å². The molecule has 2 rings (SSSR count). The number of hydrogen-bond acceptors (Lipinski definition) is 3. The average molecular weight is 315 g/mol. The molecular formula is C15H16Cl2O3. The Labute approximate surface area is 128 Å². The van der Waals surface area contributed by atoms with E-state index in [2.05, 4.69) is 0 Å². The predicted octanol–water partition coefficient (Wildman–Crippen LogP) is 3.96. The molecule has 1 unspecified atom stereocenters. The zero-order valence-corrected chi connectivity index (χ0v) is 13.2. The summed E-state index contributed by atoms with van der Waals surface area (Å²) < 4.78 is 4.89. The lowest BCUT2D eigenvalue weighted by atomic mass is 9.79. The molecule has 0 saturated heterocycles. The lowest BCUT2D eigenvalue weighted by molar-refractivity contribution is -0.147. The van der Waals surface area contributed by atoms with E-state index in [9.17, 15) is 9.59 Å². The maximum atomic E-state index is 12.1. The largest absolute Gasteiger partial charge is 0.468 e. The minimum atomic E-state index is -0.865. The van der Waals surface area contributed by atoms with E-state index in [0.717, 1.165) is 5.56 Å². The summed E-state index contributed by atoms with van der Waals surface area (Å²) in [5, 5.41) is 0.528. The minimum Gasteiger partial charge on any atom is -0.468 e. The van der Waals surface area contributed by atoms with Gasteiger partial charge in [0.15, 0.2) is 5.78 Å². The van der Waals surface area contributed by atoms with Gasteiger partial charge in [-0.05, 0) is 30.9 Å². The normalized spacial score (nSPS) is 16.8. The highest BCUT2D eigenvalue weighted by atomic mass is 35.5. The molecular weight excluding hydrogens is 299 g/mol. The van der Waals surface area contributed by atoms with Crippen molar-refractivity contribution in [3.05, 3.63) is 32.8 Å². The van der Waals surface area contributed by atoms with Crippen molar-refractivity contribution in [2.24, 2.45) is 0 Å². The van der Waals surface area contributed by atoms with Crippen molar-refractivity contribution in [2.75, 3.05) is 7.11 Å². The third-order valence-corrected chi connectivity index (χ3v) is 4.99. The number of carbonyl (C=O) groups is 2. The second kappa shape index (κ2) is 5.38. The summed E-state index contributed by atoms with van der Waals surface area (Å²) in [5.74, 6) is -0.350. The van der Waals surface area contributed by atoms with E-state index in [1.165, 1.54) is 7.11 Å². The fraction of sp³-hybridized carbons (Fsp3) is 0.467. The van der Waals surface area contributed by atoms with Crippen molar-refractivity contribution in [1.29, 1.82) is 0 Å². The first kappa shape index (κ1) is 15.3. The van der Waals surface area contributed by atoms with E-state index < -0.39 is 5.41 Å². The van der Waals surface area contributed by atoms with Gasteiger partial charge in [0.2, 0.25) is 0 Å². The molecule has 0 radical (unpaired) electrons. The third-order valence-electron chi connectivity index (χ3n) is 4.13. The van der Waals surface area contributed by atoms with Gasteiger partial charge < -0.3 is 4.74 Å². The number of aryl methyl sites for hydroxylation is 1. The topological polar surface area (TPSA) is 43.4 Å². The van der Waals surface area contributed by atoms with E-state index in [4.69, 9.17) is 27.9 Å². The Bertz CT molecular complexity index is 595. The average Bonchev–Trinajstić information content (AvgIpc) is 2.82. The molecule has 0 aromatic heterocycles. The van der Waals surface area contributed by atoms with Crippen LogP contribution in [0.2, 0.25) is 10.0 Å². The number of esters is 1. The third kappa shape index (κ3) is 2.13. The van der Waals surface area contributed by atoms with Crippen LogP contribution in [0.5, 0.6) is 0 Å². The molecule has 0 bridgehead atoms. The highest BCUT2D eigenvalue weighted by molar-refractivity contribution is 6.45. The summed E-state index contributed by atoms with van der Waals surface area (Å²) in [4.78, 5) is 23.9. The Morgan fingerprint density at radius 2 is 2.00 bits per heavy atom. The van der Waals surface area contributed by atoms with Gasteiger partial charge in [-0.3, -0.25) is 9.59 Å². The first-order valence-electron chi connectivity index (χ1n) is 6.49. The highest BCUT2D eigenvalue weighted by Gasteiger charge is 2.39. The Morgan fingerprint density at radius 1 is 1.35 bits per heavy atom. The zero-order chi connectivity index (χ0) is 15.1. The number of halogens is 2. The molecule has 20 heavy (non-hydrogen) atoms. The summed E-state index contributed by atoms with van der Waals surface area (Å²) in [6, 6.07) is 1.83. The van der Waals surface area contributed by atoms with Crippen LogP contribution >= 0.6 is 23.2 Å². The number of benzene rings is 1. The quantitative estimate of drug-likeness (QED) is 0.793. The molecule has 0 aliphatic heterocycles. The number of carbonyl (C=O) groups excluding carboxylic acids is 2. The van der Waals surface area contributed by atoms with Gasteiger partial charge >= 0.3 is 5.97 Å². The van der Waals surface area contributed by atoms with Crippen molar-refractivity contribution >= 4 is 35.0 Å². The number of hydrogen-bond donors (Lipinski definition) is 0. The molecule has 0 saturated carbocycles. The van der Waals surface area contributed by atoms with E-state index in [-0.39, 0.29) is 21.8 Å². The summed E-state index contributed by atoms with van der Waals surface area (Å²) >= 11 is 12.6. The second-order valence-corrected chi connectivity index (χ2v) is 5.94. The van der Waals surface area contributed by atoms with Gasteiger partial charge in [-0.2, -0.15) is 0 Å². The van der Waals surface area contributed by atoms with Crippen LogP contribution in [-0.2, 0) is 21.4 Å². The van der Waals surface area contributed by atoms with Crippen LogP contribution < -0.4 is 0 Å². The van der Waals surface area contributed by atoms with Crippen LogP contribution in [0.3, 0.4) is 0 Å². The SMILES string of the molecule is CCC(C)(C(=O)OC)c1cc2c(c(Cl)c1Cl)C(=O)CC2. The van der Waals surface area contributed by atoms with Crippen LogP contribution in [0.25, 0.3) is 0 Å². The number of fused-ring (bicyclic) bond motifs is 1. The molecule has 5 heteroatoms. The number of ketones is 1. The molecule has 1 aliphatic carbocycles. The van der Waals surface area contributed by atoms with E-state index >= 15 is 0 Å². The number of ether oxygens (including phenoxy) is 1. The summed E-state index contributed by atoms with van der Waals surface area (Å²) in [5.41, 5.74) is 1.13. The zero-order valence-electron chi connectivity index (χ0n) is 11.7. The van der Waals surface area contributed by atoms with Gasteiger partial charge in [0.05, 0.1) is 22.6 Å². The number of methoxy groups -OCH3 is 1. The van der Waals surface area contributed by atoms with E-state index in [1.54, 1.807) is 6.92 Å². The van der Waals surface area contributed by atoms with Gasteiger partial charge in [0.25, 0.3) is 0 Å². The van der Waals surface area contributed by atoms with Crippen molar-refractivity contribution in [3.8, 4) is 0 Å². The Morgan fingerprint density at radius 3 is 2.55 bits per heavy atom. The Balaban J connectivity index is 2.68. The van der Waals surface area contributed by atoms with Crippen LogP contribution in [0.15, 0.2) is 6.07 Å². The molecule has 1 atom stereocenters. The van der Waals surface area contributed by atoms with Crippen molar-refractivity contribution < 1.29 is 14.3 Å². The lowest BCUT2D eigenvalue weighted by Gasteiger charge is -2.27. The molecule has 1 aromatic carbocycles. The predicted molar refractivity (Wildman–Crippen MR) is 78.8 cm³/mol. The van der Waals surface area contributed by atoms with Crippen molar-refractivity contribution in [1.82, 2.24) is 0 Å². The van der Waals surface area contributed by atoms with Crippen LogP contribution in [0.1, 0.15) is 48.2 Å². The lowest BCUT2D eigenvalue weighted by Crippen LogP contribution is -2.33. The number of Topliss-reactive ketones (excluding diaryl/α,β-unsaturated/α-hetero) is 1. The van der Waals surface area contributed by atoms with Gasteiger partial charge in [-0.15, -0.1) is 0 Å². The standard InChI is InChI=1S/C15H16Cl2O3/c1-4-15(2,14(19)20-3)9-7-8-5-6-10(18)11(8)13(17)12(9)16/h7H,4-6H2,1-3H3. The molecule has 0 heterocycles. The van der Waals surface area contributed by atoms with Gasteiger partial charge in [0, 0.05) is 12.0 Å². The van der Waals surface area contributed by atoms with E-state index in [1.807, 2.05) is 13.0 Å². The van der Waals surface area contributed by atoms with Crippen molar-refractivity contribution in [3.63, 3.8) is 0 Å². The summed E-state index contributed by atoms with van der Waals surface area (Å²) in [6.45, 7) is 3.67. The molecule has 0 N–H and O–H groups in total. The van der Waals surface area contributed by atoms with Crippen LogP contribution in [-0.4, -0.2) is 18.9 Å². The van der Waals surface area contributed by atoms with Gasteiger partial charge in [0.1, 0.15) is 0 Å². The molecule has 0 amide bonds. The summed E-state index contributed by atoms with van der Waals surface area (Å²) in [6.07, 6.45) is 1.61. The fourth-order valence-electron chi connectivity index (χ4n) is 2.62. The van der Waals surface area contributed by atoms with Gasteiger partial charge in [-0.25, -0.2) is 0 Å². The maximum absolute atomic E-state index is 12.1. The fourth-order valence-corrected chi connectivity index (χ4v) is 3.31. The van der Waals surface area contributed by atoms with Crippen LogP contribution in [0.4, 0.5) is 0 Å². The highest BCUT2D eigenvalue weighted by Crippen LogP contribution is 2.43. The van der Waals surface area contributed by atoms with E-state index in [0.29, 0.717) is 30.4 Å². The Kier molecular flexibility index (Phi) is 4.12. The first-order valence-corrected chi connectivity index (χ1v) is 7.25. The van der Waals surface area contributed by atoms with Crippen molar-refractivity contribution in [2.45, 2.75) is 38.5 Å². The first-order chi connectivity index (χ1) is 9.36. The van der Waals surface area contributed by atoms with Crippen LogP contribution in [0, 0.1) is 0 Å². The Hall–Kier alpha value is -1.06. The molecule has 1 aromatic rings. The summed E-state index contributed by atoms with van der Waals surface area (Å²) in [7, 11) is 1.35. The smallest absolute Gasteiger partial charge is 0.316 e. The molecule has 1 aliphatic rings. The molecule has 0 spiro atoms. The second-order valence-electron chi connectivity index (χ2n) is 5.19. The number of rotatable bonds is 3. The minimum absolute atomic E-state index is 0.00900. The molecule has 3 nitrogen and oxygen atoms in total. The molecule has 0 fully saturated rings. The maximum Gasteiger partial charge on any atom is 0.316 e. The molecule has 108 valence electrons. The monoisotopic (exact) mass is 314 g/mol.